The maximum absolute atomic E-state index is 9.19. The number of benzene rings is 1. The molecule has 0 unspecified atom stereocenters. The van der Waals surface area contributed by atoms with Crippen LogP contribution in [0, 0.1) is 11.3 Å². The Morgan fingerprint density at radius 3 is 3.00 bits per heavy atom. The van der Waals surface area contributed by atoms with Gasteiger partial charge < -0.3 is 9.64 Å². The molecular formula is C16H15N3O. The number of nitriles is 1. The lowest BCUT2D eigenvalue weighted by Gasteiger charge is -2.30. The summed E-state index contributed by atoms with van der Waals surface area (Å²) in [5, 5.41) is 9.19. The Morgan fingerprint density at radius 2 is 2.20 bits per heavy atom. The molecule has 100 valence electrons. The smallest absolute Gasteiger partial charge is 0.146 e. The molecule has 1 aromatic carbocycles. The summed E-state index contributed by atoms with van der Waals surface area (Å²) in [5.74, 6) is 1.63. The Kier molecular flexibility index (Phi) is 3.26. The van der Waals surface area contributed by atoms with E-state index in [1.165, 1.54) is 11.1 Å². The second kappa shape index (κ2) is 5.22. The van der Waals surface area contributed by atoms with E-state index in [1.807, 2.05) is 12.1 Å². The molecule has 1 aliphatic heterocycles. The molecule has 3 rings (SSSR count). The van der Waals surface area contributed by atoms with Gasteiger partial charge in [0, 0.05) is 19.3 Å². The normalized spacial score (nSPS) is 13.5. The third-order valence-electron chi connectivity index (χ3n) is 3.63. The van der Waals surface area contributed by atoms with Crippen molar-refractivity contribution in [1.29, 1.82) is 5.26 Å². The van der Waals surface area contributed by atoms with Gasteiger partial charge in [0.1, 0.15) is 17.6 Å². The number of pyridine rings is 1. The highest BCUT2D eigenvalue weighted by Crippen LogP contribution is 2.27. The molecule has 0 amide bonds. The molecule has 0 saturated carbocycles. The second-order valence-electron chi connectivity index (χ2n) is 4.79. The van der Waals surface area contributed by atoms with E-state index in [4.69, 9.17) is 4.74 Å². The number of nitrogens with zero attached hydrogens (tertiary/aromatic N) is 3. The van der Waals surface area contributed by atoms with Crippen LogP contribution in [-0.4, -0.2) is 18.6 Å². The van der Waals surface area contributed by atoms with Gasteiger partial charge in [0.25, 0.3) is 0 Å². The zero-order chi connectivity index (χ0) is 13.9. The van der Waals surface area contributed by atoms with Gasteiger partial charge in [-0.3, -0.25) is 0 Å². The number of ether oxygens (including phenoxy) is 1. The molecule has 4 nitrogen and oxygen atoms in total. The van der Waals surface area contributed by atoms with E-state index in [0.29, 0.717) is 5.56 Å². The van der Waals surface area contributed by atoms with Gasteiger partial charge in [-0.2, -0.15) is 5.26 Å². The van der Waals surface area contributed by atoms with E-state index in [9.17, 15) is 5.26 Å². The van der Waals surface area contributed by atoms with Gasteiger partial charge in [-0.15, -0.1) is 0 Å². The third-order valence-corrected chi connectivity index (χ3v) is 3.63. The lowest BCUT2D eigenvalue weighted by Crippen LogP contribution is -2.31. The van der Waals surface area contributed by atoms with Gasteiger partial charge in [0.2, 0.25) is 0 Å². The van der Waals surface area contributed by atoms with E-state index < -0.39 is 0 Å². The van der Waals surface area contributed by atoms with Crippen LogP contribution >= 0.6 is 0 Å². The Morgan fingerprint density at radius 1 is 1.30 bits per heavy atom. The highest BCUT2D eigenvalue weighted by Gasteiger charge is 2.20. The highest BCUT2D eigenvalue weighted by molar-refractivity contribution is 5.55. The Hall–Kier alpha value is -2.54. The number of fused-ring (bicyclic) bond motifs is 1. The predicted octanol–water partition coefficient (Wildman–Crippen LogP) is 2.52. The van der Waals surface area contributed by atoms with Gasteiger partial charge in [-0.25, -0.2) is 4.98 Å². The van der Waals surface area contributed by atoms with Gasteiger partial charge in [0.15, 0.2) is 0 Å². The average molecular weight is 265 g/mol. The Labute approximate surface area is 118 Å². The van der Waals surface area contributed by atoms with Crippen LogP contribution in [0.2, 0.25) is 0 Å². The Balaban J connectivity index is 1.93. The molecule has 0 bridgehead atoms. The lowest BCUT2D eigenvalue weighted by molar-refractivity contribution is 0.413. The van der Waals surface area contributed by atoms with Crippen molar-refractivity contribution in [2.45, 2.75) is 13.0 Å². The van der Waals surface area contributed by atoms with Gasteiger partial charge >= 0.3 is 0 Å². The molecule has 0 saturated heterocycles. The standard InChI is InChI=1S/C16H15N3O/c1-20-15-5-4-12-6-8-19(11-14(12)9-15)16-13(10-17)3-2-7-18-16/h2-5,7,9H,6,8,11H2,1H3. The van der Waals surface area contributed by atoms with Crippen LogP contribution in [-0.2, 0) is 13.0 Å². The maximum Gasteiger partial charge on any atom is 0.146 e. The molecule has 4 heteroatoms. The van der Waals surface area contributed by atoms with Crippen molar-refractivity contribution >= 4 is 5.82 Å². The number of rotatable bonds is 2. The minimum atomic E-state index is 0.624. The summed E-state index contributed by atoms with van der Waals surface area (Å²) in [7, 11) is 1.68. The topological polar surface area (TPSA) is 49.1 Å². The SMILES string of the molecule is COc1ccc2c(c1)CN(c1ncccc1C#N)CC2. The largest absolute Gasteiger partial charge is 0.497 e. The van der Waals surface area contributed by atoms with E-state index in [0.717, 1.165) is 31.1 Å². The molecule has 0 fully saturated rings. The average Bonchev–Trinajstić information content (AvgIpc) is 2.53. The quantitative estimate of drug-likeness (QED) is 0.837. The van der Waals surface area contributed by atoms with Crippen molar-refractivity contribution in [3.63, 3.8) is 0 Å². The first kappa shape index (κ1) is 12.5. The fourth-order valence-electron chi connectivity index (χ4n) is 2.58. The van der Waals surface area contributed by atoms with E-state index in [1.54, 1.807) is 19.4 Å². The van der Waals surface area contributed by atoms with E-state index in [2.05, 4.69) is 28.1 Å². The van der Waals surface area contributed by atoms with Crippen molar-refractivity contribution in [3.8, 4) is 11.8 Å². The molecular weight excluding hydrogens is 250 g/mol. The molecule has 0 spiro atoms. The van der Waals surface area contributed by atoms with Crippen molar-refractivity contribution in [3.05, 3.63) is 53.2 Å². The number of aromatic nitrogens is 1. The molecule has 0 atom stereocenters. The number of hydrogen-bond acceptors (Lipinski definition) is 4. The predicted molar refractivity (Wildman–Crippen MR) is 76.7 cm³/mol. The van der Waals surface area contributed by atoms with Crippen molar-refractivity contribution in [2.75, 3.05) is 18.6 Å². The number of anilines is 1. The van der Waals surface area contributed by atoms with Gasteiger partial charge in [-0.1, -0.05) is 6.07 Å². The molecule has 0 N–H and O–H groups in total. The van der Waals surface area contributed by atoms with Crippen molar-refractivity contribution in [2.24, 2.45) is 0 Å². The first-order valence-electron chi connectivity index (χ1n) is 6.57. The van der Waals surface area contributed by atoms with Crippen LogP contribution in [0.15, 0.2) is 36.5 Å². The zero-order valence-electron chi connectivity index (χ0n) is 11.3. The molecule has 0 aliphatic carbocycles. The minimum absolute atomic E-state index is 0.624. The minimum Gasteiger partial charge on any atom is -0.497 e. The van der Waals surface area contributed by atoms with Crippen molar-refractivity contribution < 1.29 is 4.74 Å². The molecule has 0 radical (unpaired) electrons. The monoisotopic (exact) mass is 265 g/mol. The maximum atomic E-state index is 9.19. The first-order chi connectivity index (χ1) is 9.81. The summed E-state index contributed by atoms with van der Waals surface area (Å²) in [6, 6.07) is 12.0. The molecule has 20 heavy (non-hydrogen) atoms. The highest BCUT2D eigenvalue weighted by atomic mass is 16.5. The van der Waals surface area contributed by atoms with E-state index in [-0.39, 0.29) is 0 Å². The lowest BCUT2D eigenvalue weighted by atomic mass is 9.99. The van der Waals surface area contributed by atoms with Crippen LogP contribution in [0.25, 0.3) is 0 Å². The Bertz CT molecular complexity index is 676. The van der Waals surface area contributed by atoms with Crippen LogP contribution in [0.4, 0.5) is 5.82 Å². The van der Waals surface area contributed by atoms with Crippen molar-refractivity contribution in [1.82, 2.24) is 4.98 Å². The van der Waals surface area contributed by atoms with Gasteiger partial charge in [-0.05, 0) is 41.8 Å². The summed E-state index contributed by atoms with van der Waals surface area (Å²) >= 11 is 0. The van der Waals surface area contributed by atoms with E-state index >= 15 is 0 Å². The molecule has 1 aromatic heterocycles. The fourth-order valence-corrected chi connectivity index (χ4v) is 2.58. The fraction of sp³-hybridized carbons (Fsp3) is 0.250. The third kappa shape index (κ3) is 2.19. The molecule has 2 aromatic rings. The van der Waals surface area contributed by atoms with Crippen LogP contribution in [0.5, 0.6) is 5.75 Å². The number of hydrogen-bond donors (Lipinski definition) is 0. The summed E-state index contributed by atoms with van der Waals surface area (Å²) in [5.41, 5.74) is 3.21. The van der Waals surface area contributed by atoms with Crippen LogP contribution in [0.1, 0.15) is 16.7 Å². The zero-order valence-corrected chi connectivity index (χ0v) is 11.3. The number of methoxy groups -OCH3 is 1. The van der Waals surface area contributed by atoms with Crippen LogP contribution in [0.3, 0.4) is 0 Å². The summed E-state index contributed by atoms with van der Waals surface area (Å²) in [4.78, 5) is 6.51. The molecule has 2 heterocycles. The summed E-state index contributed by atoms with van der Waals surface area (Å²) in [6.07, 6.45) is 2.69. The first-order valence-corrected chi connectivity index (χ1v) is 6.57. The molecule has 1 aliphatic rings. The second-order valence-corrected chi connectivity index (χ2v) is 4.79. The summed E-state index contributed by atoms with van der Waals surface area (Å²) < 4.78 is 5.28. The summed E-state index contributed by atoms with van der Waals surface area (Å²) in [6.45, 7) is 1.64. The van der Waals surface area contributed by atoms with Gasteiger partial charge in [0.05, 0.1) is 12.7 Å². The van der Waals surface area contributed by atoms with Crippen LogP contribution < -0.4 is 9.64 Å².